The second-order valence-electron chi connectivity index (χ2n) is 4.57. The Morgan fingerprint density at radius 3 is 2.80 bits per heavy atom. The van der Waals surface area contributed by atoms with E-state index in [1.165, 1.54) is 18.5 Å². The lowest BCUT2D eigenvalue weighted by atomic mass is 10.1. The van der Waals surface area contributed by atoms with E-state index >= 15 is 0 Å². The molecule has 4 nitrogen and oxygen atoms in total. The summed E-state index contributed by atoms with van der Waals surface area (Å²) in [5.74, 6) is 0.879. The highest BCUT2D eigenvalue weighted by atomic mass is 15.3. The maximum atomic E-state index is 7.35. The second-order valence-corrected chi connectivity index (χ2v) is 4.57. The summed E-state index contributed by atoms with van der Waals surface area (Å²) in [7, 11) is 0. The Morgan fingerprint density at radius 1 is 1.67 bits per heavy atom. The minimum Gasteiger partial charge on any atom is -0.387 e. The van der Waals surface area contributed by atoms with E-state index in [-0.39, 0.29) is 5.84 Å². The summed E-state index contributed by atoms with van der Waals surface area (Å²) in [6.07, 6.45) is 4.92. The Morgan fingerprint density at radius 2 is 2.33 bits per heavy atom. The fourth-order valence-corrected chi connectivity index (χ4v) is 1.97. The number of rotatable bonds is 4. The zero-order chi connectivity index (χ0) is 11.0. The molecule has 0 bridgehead atoms. The van der Waals surface area contributed by atoms with Gasteiger partial charge in [0.2, 0.25) is 0 Å². The molecule has 1 aromatic rings. The topological polar surface area (TPSA) is 67.7 Å². The lowest BCUT2D eigenvalue weighted by Crippen LogP contribution is -2.14. The summed E-state index contributed by atoms with van der Waals surface area (Å²) in [6, 6.07) is 0.390. The second kappa shape index (κ2) is 3.68. The van der Waals surface area contributed by atoms with E-state index in [1.54, 1.807) is 0 Å². The summed E-state index contributed by atoms with van der Waals surface area (Å²) in [5.41, 5.74) is 7.89. The number of hydrogen-bond acceptors (Lipinski definition) is 2. The molecular weight excluding hydrogens is 188 g/mol. The lowest BCUT2D eigenvalue weighted by molar-refractivity contribution is 0.509. The molecule has 0 aromatic carbocycles. The van der Waals surface area contributed by atoms with Gasteiger partial charge in [0.25, 0.3) is 0 Å². The van der Waals surface area contributed by atoms with E-state index in [2.05, 4.69) is 23.6 Å². The third-order valence-electron chi connectivity index (χ3n) is 2.75. The molecule has 0 aliphatic heterocycles. The van der Waals surface area contributed by atoms with E-state index in [1.807, 2.05) is 6.20 Å². The first-order chi connectivity index (χ1) is 7.09. The van der Waals surface area contributed by atoms with Crippen LogP contribution in [0.3, 0.4) is 0 Å². The summed E-state index contributed by atoms with van der Waals surface area (Å²) in [4.78, 5) is 0. The van der Waals surface area contributed by atoms with Crippen LogP contribution in [-0.2, 0) is 6.42 Å². The molecule has 1 aliphatic rings. The van der Waals surface area contributed by atoms with E-state index in [0.717, 1.165) is 5.56 Å². The predicted molar refractivity (Wildman–Crippen MR) is 60.2 cm³/mol. The minimum absolute atomic E-state index is 0.222. The van der Waals surface area contributed by atoms with E-state index < -0.39 is 0 Å². The van der Waals surface area contributed by atoms with Crippen LogP contribution in [0.25, 0.3) is 0 Å². The van der Waals surface area contributed by atoms with Crippen molar-refractivity contribution in [3.63, 3.8) is 0 Å². The van der Waals surface area contributed by atoms with Crippen molar-refractivity contribution < 1.29 is 0 Å². The molecule has 0 radical (unpaired) electrons. The molecular formula is C11H18N4. The number of nitrogens with two attached hydrogens (primary N) is 1. The molecule has 0 amide bonds. The van der Waals surface area contributed by atoms with Crippen LogP contribution in [-0.4, -0.2) is 15.6 Å². The zero-order valence-corrected chi connectivity index (χ0v) is 9.33. The van der Waals surface area contributed by atoms with Crippen LogP contribution in [0.2, 0.25) is 0 Å². The van der Waals surface area contributed by atoms with E-state index in [9.17, 15) is 0 Å². The fraction of sp³-hybridized carbons (Fsp3) is 0.636. The lowest BCUT2D eigenvalue weighted by Gasteiger charge is -2.11. The largest absolute Gasteiger partial charge is 0.387 e. The zero-order valence-electron chi connectivity index (χ0n) is 9.33. The normalized spacial score (nSPS) is 15.9. The first-order valence-corrected chi connectivity index (χ1v) is 5.48. The molecule has 82 valence electrons. The van der Waals surface area contributed by atoms with Crippen molar-refractivity contribution in [2.75, 3.05) is 0 Å². The summed E-state index contributed by atoms with van der Waals surface area (Å²) < 4.78 is 2.08. The van der Waals surface area contributed by atoms with Crippen molar-refractivity contribution in [2.45, 2.75) is 45.1 Å². The number of nitrogens with one attached hydrogen (secondary N) is 1. The van der Waals surface area contributed by atoms with Gasteiger partial charge in [0.1, 0.15) is 0 Å². The van der Waals surface area contributed by atoms with Crippen molar-refractivity contribution in [3.8, 4) is 0 Å². The van der Waals surface area contributed by atoms with Gasteiger partial charge in [-0.2, -0.15) is 5.10 Å². The number of aromatic nitrogens is 2. The van der Waals surface area contributed by atoms with Crippen LogP contribution >= 0.6 is 0 Å². The first-order valence-electron chi connectivity index (χ1n) is 5.48. The van der Waals surface area contributed by atoms with Crippen LogP contribution in [0.15, 0.2) is 6.20 Å². The third-order valence-corrected chi connectivity index (χ3v) is 2.75. The molecule has 0 unspecified atom stereocenters. The summed E-state index contributed by atoms with van der Waals surface area (Å²) in [5, 5.41) is 11.7. The number of hydrogen-bond donors (Lipinski definition) is 2. The van der Waals surface area contributed by atoms with Gasteiger partial charge >= 0.3 is 0 Å². The van der Waals surface area contributed by atoms with Crippen molar-refractivity contribution in [1.82, 2.24) is 9.78 Å². The molecule has 3 N–H and O–H groups in total. The van der Waals surface area contributed by atoms with Gasteiger partial charge in [0, 0.05) is 29.6 Å². The standard InChI is InChI=1S/C11H18N4/c1-7(2)15-11(8-3-4-8)9(6-14-15)5-10(12)13/h6-8H,3-5H2,1-2H3,(H3,12,13). The molecule has 0 atom stereocenters. The molecule has 2 rings (SSSR count). The van der Waals surface area contributed by atoms with Gasteiger partial charge < -0.3 is 5.73 Å². The van der Waals surface area contributed by atoms with Crippen molar-refractivity contribution in [2.24, 2.45) is 5.73 Å². The average molecular weight is 206 g/mol. The molecule has 0 spiro atoms. The van der Waals surface area contributed by atoms with E-state index in [0.29, 0.717) is 18.4 Å². The molecule has 1 saturated carbocycles. The van der Waals surface area contributed by atoms with Gasteiger partial charge in [-0.1, -0.05) is 0 Å². The molecule has 4 heteroatoms. The monoisotopic (exact) mass is 206 g/mol. The minimum atomic E-state index is 0.222. The fourth-order valence-electron chi connectivity index (χ4n) is 1.97. The van der Waals surface area contributed by atoms with Crippen LogP contribution in [0.1, 0.15) is 49.9 Å². The highest BCUT2D eigenvalue weighted by Crippen LogP contribution is 2.42. The van der Waals surface area contributed by atoms with Gasteiger partial charge in [-0.05, 0) is 26.7 Å². The Labute approximate surface area is 90.0 Å². The molecule has 1 aromatic heterocycles. The van der Waals surface area contributed by atoms with Gasteiger partial charge in [-0.25, -0.2) is 0 Å². The van der Waals surface area contributed by atoms with Crippen molar-refractivity contribution >= 4 is 5.84 Å². The number of nitrogens with zero attached hydrogens (tertiary/aromatic N) is 2. The Hall–Kier alpha value is -1.32. The van der Waals surface area contributed by atoms with Gasteiger partial charge in [-0.15, -0.1) is 0 Å². The van der Waals surface area contributed by atoms with Crippen molar-refractivity contribution in [3.05, 3.63) is 17.5 Å². The van der Waals surface area contributed by atoms with Gasteiger partial charge in [-0.3, -0.25) is 10.1 Å². The maximum absolute atomic E-state index is 7.35. The highest BCUT2D eigenvalue weighted by Gasteiger charge is 2.30. The Kier molecular flexibility index (Phi) is 2.50. The number of amidine groups is 1. The van der Waals surface area contributed by atoms with Crippen LogP contribution in [0.5, 0.6) is 0 Å². The van der Waals surface area contributed by atoms with Crippen molar-refractivity contribution in [1.29, 1.82) is 5.41 Å². The molecule has 15 heavy (non-hydrogen) atoms. The average Bonchev–Trinajstić information content (AvgIpc) is 2.87. The first kappa shape index (κ1) is 10.2. The van der Waals surface area contributed by atoms with Crippen LogP contribution < -0.4 is 5.73 Å². The SMILES string of the molecule is CC(C)n1ncc(CC(=N)N)c1C1CC1. The quantitative estimate of drug-likeness (QED) is 0.583. The predicted octanol–water partition coefficient (Wildman–Crippen LogP) is 1.82. The molecule has 1 heterocycles. The summed E-state index contributed by atoms with van der Waals surface area (Å²) >= 11 is 0. The smallest absolute Gasteiger partial charge is 0.0951 e. The van der Waals surface area contributed by atoms with Gasteiger partial charge in [0.05, 0.1) is 12.0 Å². The van der Waals surface area contributed by atoms with Crippen LogP contribution in [0, 0.1) is 5.41 Å². The highest BCUT2D eigenvalue weighted by molar-refractivity contribution is 5.79. The molecule has 0 saturated heterocycles. The molecule has 1 fully saturated rings. The Bertz CT molecular complexity index is 374. The van der Waals surface area contributed by atoms with Crippen LogP contribution in [0.4, 0.5) is 0 Å². The Balaban J connectivity index is 2.33. The maximum Gasteiger partial charge on any atom is 0.0951 e. The van der Waals surface area contributed by atoms with E-state index in [4.69, 9.17) is 11.1 Å². The molecule has 1 aliphatic carbocycles. The van der Waals surface area contributed by atoms with Gasteiger partial charge in [0.15, 0.2) is 0 Å². The third kappa shape index (κ3) is 2.03. The summed E-state index contributed by atoms with van der Waals surface area (Å²) in [6.45, 7) is 4.27.